The normalized spacial score (nSPS) is 29.4. The second-order valence-electron chi connectivity index (χ2n) is 9.36. The Morgan fingerprint density at radius 2 is 1.53 bits per heavy atom. The van der Waals surface area contributed by atoms with Gasteiger partial charge in [-0.3, -0.25) is 4.99 Å². The van der Waals surface area contributed by atoms with Crippen molar-refractivity contribution in [3.63, 3.8) is 0 Å². The van der Waals surface area contributed by atoms with Crippen molar-refractivity contribution in [2.75, 3.05) is 25.6 Å². The number of rotatable bonds is 8. The van der Waals surface area contributed by atoms with Crippen LogP contribution in [0.5, 0.6) is 0 Å². The molecule has 0 spiro atoms. The lowest BCUT2D eigenvalue weighted by atomic mass is 9.94. The number of fused-ring (bicyclic) bond motifs is 1. The third-order valence-electron chi connectivity index (χ3n) is 6.46. The van der Waals surface area contributed by atoms with Crippen LogP contribution in [0.2, 0.25) is 0 Å². The summed E-state index contributed by atoms with van der Waals surface area (Å²) < 4.78 is 19.9. The van der Waals surface area contributed by atoms with Crippen LogP contribution in [0.15, 0.2) is 65.7 Å². The molecule has 1 N–H and O–H groups in total. The number of ether oxygens (including phenoxy) is 3. The molecule has 6 nitrogen and oxygen atoms in total. The molecule has 0 saturated carbocycles. The third-order valence-corrected chi connectivity index (χ3v) is 10.8. The molecule has 2 aromatic carbocycles. The van der Waals surface area contributed by atoms with Crippen molar-refractivity contribution in [1.29, 1.82) is 0 Å². The lowest BCUT2D eigenvalue weighted by molar-refractivity contribution is -0.218. The van der Waals surface area contributed by atoms with E-state index < -0.39 is 18.3 Å². The topological polar surface area (TPSA) is 63.5 Å². The van der Waals surface area contributed by atoms with Crippen molar-refractivity contribution in [3.8, 4) is 0 Å². The lowest BCUT2D eigenvalue weighted by Gasteiger charge is -2.45. The van der Waals surface area contributed by atoms with E-state index in [1.54, 1.807) is 11.8 Å². The maximum Gasteiger partial charge on any atom is 0.161 e. The highest BCUT2D eigenvalue weighted by atomic mass is 32.2. The number of aliphatic hydroxyl groups excluding tert-OH is 1. The molecular formula is C27H34N2O4S3. The van der Waals surface area contributed by atoms with Crippen molar-refractivity contribution in [2.24, 2.45) is 4.99 Å². The number of benzene rings is 2. The van der Waals surface area contributed by atoms with Crippen LogP contribution in [0.1, 0.15) is 17.5 Å². The monoisotopic (exact) mass is 546 g/mol. The van der Waals surface area contributed by atoms with E-state index in [1.165, 1.54) is 6.42 Å². The number of amidine groups is 1. The largest absolute Gasteiger partial charge is 0.388 e. The van der Waals surface area contributed by atoms with Crippen LogP contribution in [0.4, 0.5) is 0 Å². The first-order valence-corrected chi connectivity index (χ1v) is 15.4. The number of aliphatic imine (C=N–C) groups is 1. The van der Waals surface area contributed by atoms with Crippen molar-refractivity contribution in [2.45, 2.75) is 60.1 Å². The van der Waals surface area contributed by atoms with Gasteiger partial charge in [0.25, 0.3) is 0 Å². The molecule has 0 unspecified atom stereocenters. The Labute approximate surface area is 226 Å². The Balaban J connectivity index is 1.43. The van der Waals surface area contributed by atoms with Gasteiger partial charge in [0, 0.05) is 14.1 Å². The van der Waals surface area contributed by atoms with Crippen LogP contribution in [0.25, 0.3) is 0 Å². The van der Waals surface area contributed by atoms with Crippen LogP contribution in [0, 0.1) is 0 Å². The highest BCUT2D eigenvalue weighted by molar-refractivity contribution is 8.17. The Kier molecular flexibility index (Phi) is 9.22. The van der Waals surface area contributed by atoms with E-state index in [1.807, 2.05) is 78.9 Å². The molecule has 2 saturated heterocycles. The number of thioether (sulfide) groups is 3. The minimum absolute atomic E-state index is 0.0542. The molecule has 2 fully saturated rings. The molecule has 0 bridgehead atoms. The zero-order valence-corrected chi connectivity index (χ0v) is 23.1. The molecule has 3 aliphatic heterocycles. The predicted octanol–water partition coefficient (Wildman–Crippen LogP) is 4.47. The number of hydrogen-bond donors (Lipinski definition) is 1. The Morgan fingerprint density at radius 1 is 0.944 bits per heavy atom. The maximum absolute atomic E-state index is 11.6. The minimum atomic E-state index is -0.672. The molecule has 0 aliphatic carbocycles. The molecular weight excluding hydrogens is 513 g/mol. The quantitative estimate of drug-likeness (QED) is 0.520. The van der Waals surface area contributed by atoms with Gasteiger partial charge in [0.1, 0.15) is 35.9 Å². The van der Waals surface area contributed by atoms with Crippen LogP contribution in [-0.2, 0) is 27.4 Å². The van der Waals surface area contributed by atoms with Crippen LogP contribution in [0.3, 0.4) is 0 Å². The second-order valence-corrected chi connectivity index (χ2v) is 13.2. The average molecular weight is 547 g/mol. The Hall–Kier alpha value is -1.20. The first-order chi connectivity index (χ1) is 17.6. The number of hydrogen-bond acceptors (Lipinski definition) is 9. The van der Waals surface area contributed by atoms with Crippen molar-refractivity contribution in [3.05, 3.63) is 71.8 Å². The molecule has 5 rings (SSSR count). The summed E-state index contributed by atoms with van der Waals surface area (Å²) in [4.78, 5) is 7.01. The fourth-order valence-corrected chi connectivity index (χ4v) is 8.69. The van der Waals surface area contributed by atoms with E-state index in [2.05, 4.69) is 24.3 Å². The maximum atomic E-state index is 11.6. The highest BCUT2D eigenvalue weighted by Gasteiger charge is 2.54. The number of nitrogens with zero attached hydrogens (tertiary/aromatic N) is 2. The third kappa shape index (κ3) is 6.26. The van der Waals surface area contributed by atoms with Gasteiger partial charge < -0.3 is 24.2 Å². The Bertz CT molecular complexity index is 991. The summed E-state index contributed by atoms with van der Waals surface area (Å²) in [5, 5.41) is 12.5. The lowest BCUT2D eigenvalue weighted by Crippen LogP contribution is -2.61. The molecule has 2 aromatic rings. The molecule has 3 heterocycles. The zero-order valence-electron chi connectivity index (χ0n) is 20.6. The van der Waals surface area contributed by atoms with E-state index in [0.717, 1.165) is 27.8 Å². The standard InChI is InChI=1S/C27H34N2O4S3/c1-29(2)27-28-20-22(31-16-18-10-5-3-6-11-18)24(32-17-19-12-7-4-8-13-19)23(33-25(20)36-27)21(30)26-34-14-9-15-35-26/h3-8,10-13,20-26,30H,9,14-17H2,1-2H3/t20-,21+,22-,23-,24+,25-/m1/s1. The minimum Gasteiger partial charge on any atom is -0.388 e. The van der Waals surface area contributed by atoms with E-state index >= 15 is 0 Å². The van der Waals surface area contributed by atoms with Crippen LogP contribution < -0.4 is 0 Å². The van der Waals surface area contributed by atoms with Gasteiger partial charge in [0.2, 0.25) is 0 Å². The number of aliphatic hydroxyl groups is 1. The van der Waals surface area contributed by atoms with E-state index in [9.17, 15) is 5.11 Å². The SMILES string of the molecule is CN(C)C1=N[C@@H]2[C@@H](OCc3ccccc3)[C@H](OCc3ccccc3)[C@@H]([C@H](O)C3SCCCS3)O[C@@H]2S1. The molecule has 0 aromatic heterocycles. The molecule has 194 valence electrons. The average Bonchev–Trinajstić information content (AvgIpc) is 3.36. The highest BCUT2D eigenvalue weighted by Crippen LogP contribution is 2.43. The fraction of sp³-hybridized carbons (Fsp3) is 0.519. The van der Waals surface area contributed by atoms with Crippen LogP contribution in [-0.4, -0.2) is 81.3 Å². The molecule has 0 amide bonds. The zero-order chi connectivity index (χ0) is 24.9. The van der Waals surface area contributed by atoms with Gasteiger partial charge in [-0.2, -0.15) is 0 Å². The summed E-state index contributed by atoms with van der Waals surface area (Å²) in [6, 6.07) is 20.1. The molecule has 6 atom stereocenters. The van der Waals surface area contributed by atoms with E-state index in [4.69, 9.17) is 19.2 Å². The summed E-state index contributed by atoms with van der Waals surface area (Å²) >= 11 is 5.24. The van der Waals surface area contributed by atoms with Crippen LogP contribution >= 0.6 is 35.3 Å². The summed E-state index contributed by atoms with van der Waals surface area (Å²) in [6.45, 7) is 0.871. The first-order valence-electron chi connectivity index (χ1n) is 12.4. The van der Waals surface area contributed by atoms with Gasteiger partial charge in [-0.1, -0.05) is 72.4 Å². The summed E-state index contributed by atoms with van der Waals surface area (Å²) in [6.07, 6.45) is -0.826. The first kappa shape index (κ1) is 26.4. The van der Waals surface area contributed by atoms with Gasteiger partial charge >= 0.3 is 0 Å². The van der Waals surface area contributed by atoms with Gasteiger partial charge in [-0.05, 0) is 29.1 Å². The second kappa shape index (κ2) is 12.6. The van der Waals surface area contributed by atoms with Crippen molar-refractivity contribution < 1.29 is 19.3 Å². The fourth-order valence-electron chi connectivity index (χ4n) is 4.61. The van der Waals surface area contributed by atoms with Gasteiger partial charge in [0.05, 0.1) is 17.8 Å². The smallest absolute Gasteiger partial charge is 0.161 e. The predicted molar refractivity (Wildman–Crippen MR) is 151 cm³/mol. The molecule has 0 radical (unpaired) electrons. The molecule has 36 heavy (non-hydrogen) atoms. The van der Waals surface area contributed by atoms with E-state index in [0.29, 0.717) is 13.2 Å². The van der Waals surface area contributed by atoms with E-state index in [-0.39, 0.29) is 22.2 Å². The summed E-state index contributed by atoms with van der Waals surface area (Å²) in [5.74, 6) is 2.11. The summed E-state index contributed by atoms with van der Waals surface area (Å²) in [5.41, 5.74) is 1.95. The molecule has 9 heteroatoms. The van der Waals surface area contributed by atoms with Gasteiger partial charge in [0.15, 0.2) is 5.17 Å². The van der Waals surface area contributed by atoms with Gasteiger partial charge in [-0.15, -0.1) is 23.5 Å². The van der Waals surface area contributed by atoms with Crippen molar-refractivity contribution >= 4 is 40.5 Å². The Morgan fingerprint density at radius 3 is 2.11 bits per heavy atom. The van der Waals surface area contributed by atoms with Gasteiger partial charge in [-0.25, -0.2) is 0 Å². The van der Waals surface area contributed by atoms with Crippen molar-refractivity contribution in [1.82, 2.24) is 4.90 Å². The summed E-state index contributed by atoms with van der Waals surface area (Å²) in [7, 11) is 3.99. The molecule has 3 aliphatic rings.